The van der Waals surface area contributed by atoms with Crippen LogP contribution in [0.15, 0.2) is 23.2 Å². The maximum atomic E-state index is 5.52. The zero-order valence-electron chi connectivity index (χ0n) is 15.1. The molecular weight excluding hydrogens is 421 g/mol. The van der Waals surface area contributed by atoms with Crippen LogP contribution in [-0.4, -0.2) is 46.5 Å². The monoisotopic (exact) mass is 451 g/mol. The van der Waals surface area contributed by atoms with E-state index in [9.17, 15) is 0 Å². The zero-order valence-corrected chi connectivity index (χ0v) is 17.4. The van der Waals surface area contributed by atoms with Crippen molar-refractivity contribution in [3.8, 4) is 11.5 Å². The minimum Gasteiger partial charge on any atom is -0.493 e. The van der Waals surface area contributed by atoms with Gasteiger partial charge in [0.1, 0.15) is 0 Å². The lowest BCUT2D eigenvalue weighted by Gasteiger charge is -2.14. The summed E-state index contributed by atoms with van der Waals surface area (Å²) in [5.74, 6) is 2.16. The number of methoxy groups -OCH3 is 1. The van der Waals surface area contributed by atoms with Crippen LogP contribution in [0.3, 0.4) is 0 Å². The Hall–Kier alpha value is -1.22. The predicted molar refractivity (Wildman–Crippen MR) is 110 cm³/mol. The Labute approximate surface area is 162 Å². The molecule has 0 aliphatic carbocycles. The minimum atomic E-state index is 0. The number of aliphatic imine (C=N–C) groups is 1. The van der Waals surface area contributed by atoms with Crippen molar-refractivity contribution in [3.05, 3.63) is 18.2 Å². The van der Waals surface area contributed by atoms with Crippen molar-refractivity contribution in [3.63, 3.8) is 0 Å². The van der Waals surface area contributed by atoms with Crippen LogP contribution in [0.4, 0.5) is 5.69 Å². The normalized spacial score (nSPS) is 10.8. The molecular formula is C17H30IN3O3. The van der Waals surface area contributed by atoms with Crippen molar-refractivity contribution in [2.75, 3.05) is 45.8 Å². The highest BCUT2D eigenvalue weighted by atomic mass is 127. The molecule has 0 atom stereocenters. The zero-order chi connectivity index (χ0) is 16.9. The summed E-state index contributed by atoms with van der Waals surface area (Å²) in [6.45, 7) is 6.99. The molecule has 138 valence electrons. The Morgan fingerprint density at radius 2 is 1.92 bits per heavy atom. The Kier molecular flexibility index (Phi) is 13.4. The van der Waals surface area contributed by atoms with Gasteiger partial charge in [0, 0.05) is 38.6 Å². The molecule has 0 fully saturated rings. The number of anilines is 1. The number of rotatable bonds is 10. The van der Waals surface area contributed by atoms with Crippen molar-refractivity contribution < 1.29 is 14.2 Å². The van der Waals surface area contributed by atoms with E-state index < -0.39 is 0 Å². The van der Waals surface area contributed by atoms with Gasteiger partial charge in [-0.05, 0) is 38.8 Å². The maximum absolute atomic E-state index is 5.52. The average molecular weight is 451 g/mol. The van der Waals surface area contributed by atoms with Crippen LogP contribution < -0.4 is 20.1 Å². The molecule has 0 saturated carbocycles. The molecule has 7 heteroatoms. The smallest absolute Gasteiger partial charge is 0.195 e. The summed E-state index contributed by atoms with van der Waals surface area (Å²) in [6.07, 6.45) is 2.07. The quantitative estimate of drug-likeness (QED) is 0.247. The van der Waals surface area contributed by atoms with Crippen molar-refractivity contribution in [2.24, 2.45) is 4.99 Å². The number of guanidine groups is 1. The van der Waals surface area contributed by atoms with E-state index in [1.54, 1.807) is 14.2 Å². The topological polar surface area (TPSA) is 64.1 Å². The van der Waals surface area contributed by atoms with Gasteiger partial charge in [-0.2, -0.15) is 0 Å². The highest BCUT2D eigenvalue weighted by molar-refractivity contribution is 14.0. The predicted octanol–water partition coefficient (Wildman–Crippen LogP) is 3.52. The van der Waals surface area contributed by atoms with Gasteiger partial charge < -0.3 is 24.8 Å². The SMILES string of the molecule is CCOCCCCNC(=NC)Nc1ccc(OCC)c(OC)c1.I. The molecule has 0 bridgehead atoms. The largest absolute Gasteiger partial charge is 0.493 e. The van der Waals surface area contributed by atoms with E-state index >= 15 is 0 Å². The molecule has 0 aliphatic rings. The lowest BCUT2D eigenvalue weighted by molar-refractivity contribution is 0.143. The van der Waals surface area contributed by atoms with E-state index in [0.717, 1.165) is 50.0 Å². The fourth-order valence-electron chi connectivity index (χ4n) is 2.02. The lowest BCUT2D eigenvalue weighted by Crippen LogP contribution is -2.31. The molecule has 0 unspecified atom stereocenters. The van der Waals surface area contributed by atoms with Crippen LogP contribution in [0.2, 0.25) is 0 Å². The van der Waals surface area contributed by atoms with Crippen LogP contribution in [0.5, 0.6) is 11.5 Å². The number of benzene rings is 1. The summed E-state index contributed by atoms with van der Waals surface area (Å²) in [6, 6.07) is 5.72. The second-order valence-electron chi connectivity index (χ2n) is 4.83. The van der Waals surface area contributed by atoms with Crippen molar-refractivity contribution in [1.29, 1.82) is 0 Å². The Balaban J connectivity index is 0.00000529. The fourth-order valence-corrected chi connectivity index (χ4v) is 2.02. The standard InChI is InChI=1S/C17H29N3O3.HI/c1-5-22-12-8-7-11-19-17(18-3)20-14-9-10-15(23-6-2)16(13-14)21-4;/h9-10,13H,5-8,11-12H2,1-4H3,(H2,18,19,20);1H. The first kappa shape index (κ1) is 22.8. The first-order chi connectivity index (χ1) is 11.2. The van der Waals surface area contributed by atoms with Crippen LogP contribution in [0.25, 0.3) is 0 Å². The summed E-state index contributed by atoms with van der Waals surface area (Å²) >= 11 is 0. The van der Waals surface area contributed by atoms with Gasteiger partial charge in [-0.15, -0.1) is 24.0 Å². The van der Waals surface area contributed by atoms with Crippen LogP contribution in [0, 0.1) is 0 Å². The third-order valence-electron chi connectivity index (χ3n) is 3.16. The number of nitrogens with one attached hydrogen (secondary N) is 2. The molecule has 0 aliphatic heterocycles. The third kappa shape index (κ3) is 8.58. The molecule has 2 N–H and O–H groups in total. The number of unbranched alkanes of at least 4 members (excludes halogenated alkanes) is 1. The van der Waals surface area contributed by atoms with Crippen LogP contribution >= 0.6 is 24.0 Å². The van der Waals surface area contributed by atoms with Crippen LogP contribution in [-0.2, 0) is 4.74 Å². The molecule has 1 aromatic carbocycles. The van der Waals surface area contributed by atoms with Crippen molar-refractivity contribution >= 4 is 35.6 Å². The van der Waals surface area contributed by atoms with Crippen LogP contribution in [0.1, 0.15) is 26.7 Å². The van der Waals surface area contributed by atoms with Gasteiger partial charge in [-0.3, -0.25) is 4.99 Å². The number of halogens is 1. The Bertz CT molecular complexity index is 484. The van der Waals surface area contributed by atoms with E-state index in [4.69, 9.17) is 14.2 Å². The highest BCUT2D eigenvalue weighted by Gasteiger charge is 2.06. The van der Waals surface area contributed by atoms with Gasteiger partial charge in [-0.1, -0.05) is 0 Å². The molecule has 0 saturated heterocycles. The van der Waals surface area contributed by atoms with Crippen molar-refractivity contribution in [2.45, 2.75) is 26.7 Å². The fraction of sp³-hybridized carbons (Fsp3) is 0.588. The van der Waals surface area contributed by atoms with Gasteiger partial charge in [-0.25, -0.2) is 0 Å². The summed E-state index contributed by atoms with van der Waals surface area (Å²) in [5, 5.41) is 6.53. The molecule has 1 aromatic rings. The minimum absolute atomic E-state index is 0. The van der Waals surface area contributed by atoms with Crippen molar-refractivity contribution in [1.82, 2.24) is 5.32 Å². The first-order valence-corrected chi connectivity index (χ1v) is 8.11. The molecule has 0 spiro atoms. The molecule has 0 radical (unpaired) electrons. The first-order valence-electron chi connectivity index (χ1n) is 8.11. The molecule has 1 rings (SSSR count). The third-order valence-corrected chi connectivity index (χ3v) is 3.16. The molecule has 24 heavy (non-hydrogen) atoms. The summed E-state index contributed by atoms with van der Waals surface area (Å²) in [5.41, 5.74) is 0.896. The van der Waals surface area contributed by atoms with Gasteiger partial charge in [0.05, 0.1) is 13.7 Å². The second kappa shape index (κ2) is 14.2. The lowest BCUT2D eigenvalue weighted by atomic mass is 10.2. The number of nitrogens with zero attached hydrogens (tertiary/aromatic N) is 1. The van der Waals surface area contributed by atoms with E-state index in [2.05, 4.69) is 15.6 Å². The molecule has 0 aromatic heterocycles. The Morgan fingerprint density at radius 3 is 2.54 bits per heavy atom. The van der Waals surface area contributed by atoms with E-state index in [-0.39, 0.29) is 24.0 Å². The Morgan fingerprint density at radius 1 is 1.12 bits per heavy atom. The number of ether oxygens (including phenoxy) is 3. The summed E-state index contributed by atoms with van der Waals surface area (Å²) in [7, 11) is 3.38. The molecule has 0 amide bonds. The van der Waals surface area contributed by atoms with Gasteiger partial charge in [0.15, 0.2) is 17.5 Å². The van der Waals surface area contributed by atoms with E-state index in [0.29, 0.717) is 12.4 Å². The van der Waals surface area contributed by atoms with Gasteiger partial charge >= 0.3 is 0 Å². The maximum Gasteiger partial charge on any atom is 0.195 e. The summed E-state index contributed by atoms with van der Waals surface area (Å²) < 4.78 is 16.2. The molecule has 6 nitrogen and oxygen atoms in total. The summed E-state index contributed by atoms with van der Waals surface area (Å²) in [4.78, 5) is 4.22. The molecule has 0 heterocycles. The highest BCUT2D eigenvalue weighted by Crippen LogP contribution is 2.30. The van der Waals surface area contributed by atoms with E-state index in [1.165, 1.54) is 0 Å². The number of hydrogen-bond acceptors (Lipinski definition) is 4. The van der Waals surface area contributed by atoms with E-state index in [1.807, 2.05) is 32.0 Å². The average Bonchev–Trinajstić information content (AvgIpc) is 2.58. The second-order valence-corrected chi connectivity index (χ2v) is 4.83. The van der Waals surface area contributed by atoms with Gasteiger partial charge in [0.25, 0.3) is 0 Å². The van der Waals surface area contributed by atoms with Gasteiger partial charge in [0.2, 0.25) is 0 Å². The number of hydrogen-bond donors (Lipinski definition) is 2.